The summed E-state index contributed by atoms with van der Waals surface area (Å²) in [6.45, 7) is 4.28. The van der Waals surface area contributed by atoms with Crippen molar-refractivity contribution >= 4 is 40.7 Å². The average Bonchev–Trinajstić information content (AvgIpc) is 2.59. The molecule has 1 amide bonds. The molecule has 160 valence electrons. The van der Waals surface area contributed by atoms with Gasteiger partial charge in [0, 0.05) is 22.5 Å². The number of hydrogen-bond donors (Lipinski definition) is 4. The predicted molar refractivity (Wildman–Crippen MR) is 109 cm³/mol. The molecule has 2 rings (SSSR count). The Morgan fingerprint density at radius 2 is 1.52 bits per heavy atom. The smallest absolute Gasteiger partial charge is 0.412 e. The van der Waals surface area contributed by atoms with Crippen LogP contribution in [-0.2, 0) is 18.0 Å². The van der Waals surface area contributed by atoms with Crippen LogP contribution >= 0.6 is 23.2 Å². The second kappa shape index (κ2) is 10.6. The number of nitrogens with one attached hydrogen (secondary N) is 1. The summed E-state index contributed by atoms with van der Waals surface area (Å²) in [5.41, 5.74) is 5.45. The summed E-state index contributed by atoms with van der Waals surface area (Å²) in [5.74, 6) is -1.31. The topological polar surface area (TPSA) is 105 Å². The lowest BCUT2D eigenvalue weighted by atomic mass is 10.2. The van der Waals surface area contributed by atoms with Gasteiger partial charge in [0.2, 0.25) is 0 Å². The molecule has 2 aromatic carbocycles. The number of rotatable bonds is 3. The molecule has 0 radical (unpaired) electrons. The molecule has 0 aliphatic carbocycles. The van der Waals surface area contributed by atoms with E-state index in [0.717, 1.165) is 0 Å². The van der Waals surface area contributed by atoms with Crippen LogP contribution in [0.15, 0.2) is 24.3 Å². The Morgan fingerprint density at radius 1 is 1.03 bits per heavy atom. The zero-order valence-electron chi connectivity index (χ0n) is 16.0. The van der Waals surface area contributed by atoms with Crippen molar-refractivity contribution in [2.45, 2.75) is 39.6 Å². The number of aliphatic hydroxyl groups is 2. The van der Waals surface area contributed by atoms with Crippen molar-refractivity contribution < 1.29 is 28.5 Å². The van der Waals surface area contributed by atoms with Gasteiger partial charge in [-0.3, -0.25) is 5.32 Å². The summed E-state index contributed by atoms with van der Waals surface area (Å²) in [6.07, 6.45) is -0.672. The lowest BCUT2D eigenvalue weighted by molar-refractivity contribution is 0.0636. The second-order valence-corrected chi connectivity index (χ2v) is 7.66. The molecule has 0 bridgehead atoms. The Bertz CT molecular complexity index is 874. The maximum absolute atomic E-state index is 13.4. The highest BCUT2D eigenvalue weighted by Gasteiger charge is 2.17. The van der Waals surface area contributed by atoms with Gasteiger partial charge in [0.25, 0.3) is 0 Å². The molecule has 0 heterocycles. The van der Waals surface area contributed by atoms with Crippen LogP contribution in [0.4, 0.5) is 25.0 Å². The molecule has 0 saturated heterocycles. The number of halogens is 4. The van der Waals surface area contributed by atoms with Gasteiger partial charge in [0.05, 0.1) is 23.3 Å². The van der Waals surface area contributed by atoms with Crippen LogP contribution < -0.4 is 11.1 Å². The number of carbonyl (C=O) groups excluding carboxylic acids is 1. The zero-order chi connectivity index (χ0) is 22.4. The van der Waals surface area contributed by atoms with Crippen molar-refractivity contribution in [3.8, 4) is 0 Å². The summed E-state index contributed by atoms with van der Waals surface area (Å²) in [5, 5.41) is 19.7. The number of hydrogen-bond acceptors (Lipinski definition) is 5. The van der Waals surface area contributed by atoms with Crippen molar-refractivity contribution in [2.75, 3.05) is 11.1 Å². The van der Waals surface area contributed by atoms with Crippen LogP contribution in [0.1, 0.15) is 31.9 Å². The van der Waals surface area contributed by atoms with Crippen molar-refractivity contribution in [3.05, 3.63) is 57.1 Å². The fourth-order valence-corrected chi connectivity index (χ4v) is 2.53. The molecule has 0 atom stereocenters. The quantitative estimate of drug-likeness (QED) is 0.499. The summed E-state index contributed by atoms with van der Waals surface area (Å²) < 4.78 is 31.2. The maximum Gasteiger partial charge on any atom is 0.412 e. The number of benzene rings is 2. The van der Waals surface area contributed by atoms with Crippen molar-refractivity contribution in [1.29, 1.82) is 0 Å². The van der Waals surface area contributed by atoms with Gasteiger partial charge in [-0.25, -0.2) is 13.6 Å². The lowest BCUT2D eigenvalue weighted by Gasteiger charge is -2.20. The van der Waals surface area contributed by atoms with E-state index < -0.39 is 36.5 Å². The van der Waals surface area contributed by atoms with E-state index in [1.165, 1.54) is 24.3 Å². The van der Waals surface area contributed by atoms with Gasteiger partial charge in [-0.05, 0) is 45.0 Å². The average molecular weight is 451 g/mol. The largest absolute Gasteiger partial charge is 0.444 e. The first-order valence-corrected chi connectivity index (χ1v) is 9.06. The summed E-state index contributed by atoms with van der Waals surface area (Å²) in [4.78, 5) is 11.5. The number of carbonyl (C=O) groups is 1. The fraction of sp³-hybridized carbons (Fsp3) is 0.316. The molecule has 6 nitrogen and oxygen atoms in total. The third-order valence-corrected chi connectivity index (χ3v) is 3.77. The third-order valence-electron chi connectivity index (χ3n) is 3.22. The van der Waals surface area contributed by atoms with Gasteiger partial charge in [-0.1, -0.05) is 23.2 Å². The Morgan fingerprint density at radius 3 is 2.00 bits per heavy atom. The van der Waals surface area contributed by atoms with E-state index in [9.17, 15) is 13.6 Å². The molecule has 0 unspecified atom stereocenters. The van der Waals surface area contributed by atoms with E-state index in [0.29, 0.717) is 5.69 Å². The minimum atomic E-state index is -0.700. The van der Waals surface area contributed by atoms with Crippen molar-refractivity contribution in [3.63, 3.8) is 0 Å². The van der Waals surface area contributed by atoms with Crippen LogP contribution in [0.25, 0.3) is 0 Å². The monoisotopic (exact) mass is 450 g/mol. The van der Waals surface area contributed by atoms with Crippen LogP contribution in [0.3, 0.4) is 0 Å². The SMILES string of the molecule is CC(C)(C)OC(=O)Nc1cc(Cl)c(F)c(CO)c1.Nc1cc(Cl)c(F)c(CO)c1. The minimum absolute atomic E-state index is 0.00792. The first kappa shape index (κ1) is 24.9. The van der Waals surface area contributed by atoms with Gasteiger partial charge >= 0.3 is 6.09 Å². The summed E-state index contributed by atoms with van der Waals surface area (Å²) >= 11 is 11.1. The van der Waals surface area contributed by atoms with Gasteiger partial charge in [0.15, 0.2) is 0 Å². The van der Waals surface area contributed by atoms with E-state index in [-0.39, 0.29) is 26.9 Å². The second-order valence-electron chi connectivity index (χ2n) is 6.85. The van der Waals surface area contributed by atoms with Crippen LogP contribution in [0.2, 0.25) is 10.0 Å². The molecule has 0 aliphatic rings. The van der Waals surface area contributed by atoms with Gasteiger partial charge in [0.1, 0.15) is 17.2 Å². The molecule has 0 spiro atoms. The van der Waals surface area contributed by atoms with E-state index >= 15 is 0 Å². The number of ether oxygens (including phenoxy) is 1. The summed E-state index contributed by atoms with van der Waals surface area (Å²) in [6, 6.07) is 5.20. The van der Waals surface area contributed by atoms with Gasteiger partial charge in [-0.15, -0.1) is 0 Å². The highest BCUT2D eigenvalue weighted by Crippen LogP contribution is 2.24. The Kier molecular flexibility index (Phi) is 9.10. The highest BCUT2D eigenvalue weighted by atomic mass is 35.5. The van der Waals surface area contributed by atoms with Gasteiger partial charge in [-0.2, -0.15) is 0 Å². The first-order valence-electron chi connectivity index (χ1n) is 8.31. The van der Waals surface area contributed by atoms with E-state index in [1.54, 1.807) is 20.8 Å². The molecule has 29 heavy (non-hydrogen) atoms. The Balaban J connectivity index is 0.000000326. The van der Waals surface area contributed by atoms with E-state index in [1.807, 2.05) is 0 Å². The number of amides is 1. The molecule has 0 saturated carbocycles. The van der Waals surface area contributed by atoms with Crippen LogP contribution in [0.5, 0.6) is 0 Å². The normalized spacial score (nSPS) is 10.8. The highest BCUT2D eigenvalue weighted by molar-refractivity contribution is 6.31. The number of anilines is 2. The molecule has 2 aromatic rings. The van der Waals surface area contributed by atoms with E-state index in [2.05, 4.69) is 5.32 Å². The van der Waals surface area contributed by atoms with Crippen molar-refractivity contribution in [2.24, 2.45) is 0 Å². The third kappa shape index (κ3) is 8.02. The molecule has 5 N–H and O–H groups in total. The zero-order valence-corrected chi connectivity index (χ0v) is 17.5. The number of nitrogens with two attached hydrogens (primary N) is 1. The molecular weight excluding hydrogens is 429 g/mol. The molecule has 10 heteroatoms. The van der Waals surface area contributed by atoms with Crippen molar-refractivity contribution in [1.82, 2.24) is 0 Å². The van der Waals surface area contributed by atoms with E-state index in [4.69, 9.17) is 43.9 Å². The van der Waals surface area contributed by atoms with Gasteiger partial charge < -0.3 is 20.7 Å². The summed E-state index contributed by atoms with van der Waals surface area (Å²) in [7, 11) is 0. The molecular formula is C19H22Cl2F2N2O4. The van der Waals surface area contributed by atoms with Crippen LogP contribution in [0, 0.1) is 11.6 Å². The molecule has 0 fully saturated rings. The predicted octanol–water partition coefficient (Wildman–Crippen LogP) is 4.87. The molecule has 0 aliphatic heterocycles. The maximum atomic E-state index is 13.4. The number of nitrogen functional groups attached to an aromatic ring is 1. The fourth-order valence-electron chi connectivity index (χ4n) is 2.04. The number of aliphatic hydroxyl groups excluding tert-OH is 2. The first-order chi connectivity index (χ1) is 13.4. The van der Waals surface area contributed by atoms with Crippen LogP contribution in [-0.4, -0.2) is 21.9 Å². The lowest BCUT2D eigenvalue weighted by Crippen LogP contribution is -2.27. The Hall–Kier alpha value is -2.13. The minimum Gasteiger partial charge on any atom is -0.444 e. The molecule has 0 aromatic heterocycles. The standard InChI is InChI=1S/C12H15ClFNO3.C7H7ClFNO/c1-12(2,3)18-11(17)15-8-4-7(6-16)10(14)9(13)5-8;8-6-2-5(10)1-4(3-11)7(6)9/h4-5,16H,6H2,1-3H3,(H,15,17);1-2,11H,3,10H2. The Labute approximate surface area is 177 Å².